The van der Waals surface area contributed by atoms with Gasteiger partial charge in [-0.25, -0.2) is 4.79 Å². The lowest BCUT2D eigenvalue weighted by Gasteiger charge is -2.31. The molecule has 28 heavy (non-hydrogen) atoms. The van der Waals surface area contributed by atoms with Crippen LogP contribution in [0.15, 0.2) is 0 Å². The fraction of sp³-hybridized carbons (Fsp3) is 0.765. The van der Waals surface area contributed by atoms with Gasteiger partial charge in [-0.3, -0.25) is 14.4 Å². The van der Waals surface area contributed by atoms with Crippen LogP contribution in [0.25, 0.3) is 0 Å². The summed E-state index contributed by atoms with van der Waals surface area (Å²) in [6, 6.07) is -4.06. The molecule has 0 spiro atoms. The van der Waals surface area contributed by atoms with Gasteiger partial charge in [-0.1, -0.05) is 20.3 Å². The van der Waals surface area contributed by atoms with Gasteiger partial charge in [-0.2, -0.15) is 12.6 Å². The van der Waals surface area contributed by atoms with E-state index in [-0.39, 0.29) is 11.7 Å². The van der Waals surface area contributed by atoms with Crippen molar-refractivity contribution in [2.45, 2.75) is 57.3 Å². The molecule has 0 aromatic carbocycles. The average molecular weight is 419 g/mol. The summed E-state index contributed by atoms with van der Waals surface area (Å²) in [5.74, 6) is -3.16. The van der Waals surface area contributed by atoms with Gasteiger partial charge in [0, 0.05) is 12.3 Å². The first kappa shape index (κ1) is 24.2. The minimum Gasteiger partial charge on any atom is -0.480 e. The van der Waals surface area contributed by atoms with E-state index in [0.717, 1.165) is 0 Å². The number of carboxylic acids is 1. The summed E-state index contributed by atoms with van der Waals surface area (Å²) in [6.45, 7) is 3.38. The Morgan fingerprint density at radius 1 is 1.25 bits per heavy atom. The number of rotatable bonds is 10. The zero-order valence-corrected chi connectivity index (χ0v) is 17.0. The zero-order chi connectivity index (χ0) is 21.4. The molecule has 1 rings (SSSR count). The summed E-state index contributed by atoms with van der Waals surface area (Å²) in [5.41, 5.74) is 5.43. The van der Waals surface area contributed by atoms with Gasteiger partial charge in [0.05, 0.1) is 6.61 Å². The van der Waals surface area contributed by atoms with E-state index in [2.05, 4.69) is 23.3 Å². The van der Waals surface area contributed by atoms with E-state index in [4.69, 9.17) is 10.8 Å². The highest BCUT2D eigenvalue weighted by atomic mass is 32.1. The van der Waals surface area contributed by atoms with E-state index in [1.807, 2.05) is 6.92 Å². The second-order valence-corrected chi connectivity index (χ2v) is 7.30. The average Bonchev–Trinajstić information content (AvgIpc) is 3.18. The largest absolute Gasteiger partial charge is 0.480 e. The Hall–Kier alpha value is -1.85. The van der Waals surface area contributed by atoms with Gasteiger partial charge in [0.25, 0.3) is 0 Å². The van der Waals surface area contributed by atoms with Gasteiger partial charge < -0.3 is 31.5 Å². The molecule has 1 fully saturated rings. The predicted octanol–water partition coefficient (Wildman–Crippen LogP) is -1.67. The topological polar surface area (TPSA) is 162 Å². The lowest BCUT2D eigenvalue weighted by molar-refractivity contribution is -0.150. The van der Waals surface area contributed by atoms with Crippen molar-refractivity contribution in [2.24, 2.45) is 11.7 Å². The van der Waals surface area contributed by atoms with Gasteiger partial charge in [0.2, 0.25) is 17.7 Å². The highest BCUT2D eigenvalue weighted by molar-refractivity contribution is 7.80. The summed E-state index contributed by atoms with van der Waals surface area (Å²) in [7, 11) is 0. The van der Waals surface area contributed by atoms with Crippen LogP contribution in [-0.4, -0.2) is 81.9 Å². The number of aliphatic hydroxyl groups excluding tert-OH is 1. The smallest absolute Gasteiger partial charge is 0.326 e. The Bertz CT molecular complexity index is 590. The standard InChI is InChI=1S/C17H30N4O6S/c1-3-9(2)13(16(25)21-6-4-5-12(21)17(26)27)20-15(24)11(8-28)19-14(23)10(18)7-22/h9-13,22,28H,3-8,18H2,1-2H3,(H,19,23)(H,20,24)(H,26,27). The molecular formula is C17H30N4O6S. The molecule has 11 heteroatoms. The zero-order valence-electron chi connectivity index (χ0n) is 16.1. The molecule has 0 aromatic rings. The van der Waals surface area contributed by atoms with Gasteiger partial charge in [0.1, 0.15) is 24.2 Å². The molecule has 6 N–H and O–H groups in total. The number of nitrogens with two attached hydrogens (primary N) is 1. The Kier molecular flexibility index (Phi) is 9.70. The molecule has 0 aliphatic carbocycles. The lowest BCUT2D eigenvalue weighted by Crippen LogP contribution is -2.59. The van der Waals surface area contributed by atoms with E-state index in [9.17, 15) is 24.3 Å². The number of amides is 3. The normalized spacial score (nSPS) is 20.8. The quantitative estimate of drug-likeness (QED) is 0.231. The highest BCUT2D eigenvalue weighted by Crippen LogP contribution is 2.21. The minimum absolute atomic E-state index is 0.0431. The maximum atomic E-state index is 13.0. The molecule has 1 saturated heterocycles. The van der Waals surface area contributed by atoms with Crippen molar-refractivity contribution in [3.63, 3.8) is 0 Å². The molecule has 5 unspecified atom stereocenters. The van der Waals surface area contributed by atoms with E-state index in [1.54, 1.807) is 6.92 Å². The van der Waals surface area contributed by atoms with Crippen LogP contribution < -0.4 is 16.4 Å². The van der Waals surface area contributed by atoms with Gasteiger partial charge in [-0.05, 0) is 18.8 Å². The summed E-state index contributed by atoms with van der Waals surface area (Å²) in [6.07, 6.45) is 1.53. The van der Waals surface area contributed by atoms with E-state index >= 15 is 0 Å². The number of carbonyl (C=O) groups excluding carboxylic acids is 3. The van der Waals surface area contributed by atoms with Crippen LogP contribution in [0, 0.1) is 5.92 Å². The van der Waals surface area contributed by atoms with E-state index < -0.39 is 54.5 Å². The van der Waals surface area contributed by atoms with Gasteiger partial charge >= 0.3 is 5.97 Å². The number of nitrogens with one attached hydrogen (secondary N) is 2. The molecule has 0 saturated carbocycles. The fourth-order valence-electron chi connectivity index (χ4n) is 2.96. The monoisotopic (exact) mass is 418 g/mol. The number of likely N-dealkylation sites (tertiary alicyclic amines) is 1. The van der Waals surface area contributed by atoms with Crippen molar-refractivity contribution in [3.05, 3.63) is 0 Å². The Morgan fingerprint density at radius 3 is 2.39 bits per heavy atom. The number of aliphatic hydroxyl groups is 1. The molecule has 1 aliphatic rings. The summed E-state index contributed by atoms with van der Waals surface area (Å²) < 4.78 is 0. The van der Waals surface area contributed by atoms with Crippen LogP contribution in [-0.2, 0) is 19.2 Å². The molecule has 0 bridgehead atoms. The van der Waals surface area contributed by atoms with Crippen molar-refractivity contribution in [3.8, 4) is 0 Å². The summed E-state index contributed by atoms with van der Waals surface area (Å²) in [4.78, 5) is 50.1. The Morgan fingerprint density at radius 2 is 1.89 bits per heavy atom. The Balaban J connectivity index is 2.92. The molecule has 1 aliphatic heterocycles. The maximum absolute atomic E-state index is 13.0. The minimum atomic E-state index is -1.18. The van der Waals surface area contributed by atoms with Crippen LogP contribution >= 0.6 is 12.6 Å². The SMILES string of the molecule is CCC(C)C(NC(=O)C(CS)NC(=O)C(N)CO)C(=O)N1CCCC1C(=O)O. The highest BCUT2D eigenvalue weighted by Gasteiger charge is 2.39. The Labute approximate surface area is 169 Å². The van der Waals surface area contributed by atoms with Gasteiger partial charge in [-0.15, -0.1) is 0 Å². The van der Waals surface area contributed by atoms with Crippen LogP contribution in [0.3, 0.4) is 0 Å². The molecule has 10 nitrogen and oxygen atoms in total. The first-order valence-electron chi connectivity index (χ1n) is 9.29. The second-order valence-electron chi connectivity index (χ2n) is 6.93. The van der Waals surface area contributed by atoms with Crippen molar-refractivity contribution in [1.82, 2.24) is 15.5 Å². The van der Waals surface area contributed by atoms with E-state index in [0.29, 0.717) is 25.8 Å². The number of carboxylic acid groups (broad SMARTS) is 1. The van der Waals surface area contributed by atoms with Crippen molar-refractivity contribution < 1.29 is 29.4 Å². The van der Waals surface area contributed by atoms with Gasteiger partial charge in [0.15, 0.2) is 0 Å². The molecule has 0 aromatic heterocycles. The molecule has 1 heterocycles. The maximum Gasteiger partial charge on any atom is 0.326 e. The number of hydrogen-bond donors (Lipinski definition) is 6. The third-order valence-corrected chi connectivity index (χ3v) is 5.31. The molecular weight excluding hydrogens is 388 g/mol. The van der Waals surface area contributed by atoms with Crippen molar-refractivity contribution >= 4 is 36.3 Å². The number of aliphatic carboxylic acids is 1. The van der Waals surface area contributed by atoms with E-state index in [1.165, 1.54) is 4.90 Å². The molecule has 160 valence electrons. The predicted molar refractivity (Wildman–Crippen MR) is 105 cm³/mol. The summed E-state index contributed by atoms with van der Waals surface area (Å²) in [5, 5.41) is 23.3. The third-order valence-electron chi connectivity index (χ3n) is 4.95. The number of thiol groups is 1. The van der Waals surface area contributed by atoms with Crippen molar-refractivity contribution in [2.75, 3.05) is 18.9 Å². The molecule has 0 radical (unpaired) electrons. The first-order chi connectivity index (χ1) is 13.2. The molecule has 5 atom stereocenters. The van der Waals surface area contributed by atoms with Crippen molar-refractivity contribution in [1.29, 1.82) is 0 Å². The van der Waals surface area contributed by atoms with Crippen LogP contribution in [0.2, 0.25) is 0 Å². The second kappa shape index (κ2) is 11.2. The molecule has 3 amide bonds. The van der Waals surface area contributed by atoms with Crippen LogP contribution in [0.4, 0.5) is 0 Å². The lowest BCUT2D eigenvalue weighted by atomic mass is 9.97. The van der Waals surface area contributed by atoms with Crippen LogP contribution in [0.5, 0.6) is 0 Å². The van der Waals surface area contributed by atoms with Crippen LogP contribution in [0.1, 0.15) is 33.1 Å². The summed E-state index contributed by atoms with van der Waals surface area (Å²) >= 11 is 4.05. The third kappa shape index (κ3) is 6.08. The number of nitrogens with zero attached hydrogens (tertiary/aromatic N) is 1. The number of carbonyl (C=O) groups is 4. The number of hydrogen-bond acceptors (Lipinski definition) is 7. The fourth-order valence-corrected chi connectivity index (χ4v) is 3.22. The first-order valence-corrected chi connectivity index (χ1v) is 9.92.